The summed E-state index contributed by atoms with van der Waals surface area (Å²) < 4.78 is 13.7. The molecule has 1 aliphatic rings. The lowest BCUT2D eigenvalue weighted by Gasteiger charge is -2.17. The molecule has 1 saturated heterocycles. The Bertz CT molecular complexity index is 308. The Morgan fingerprint density at radius 3 is 2.54 bits per heavy atom. The van der Waals surface area contributed by atoms with Crippen LogP contribution in [-0.2, 0) is 0 Å². The fourth-order valence-corrected chi connectivity index (χ4v) is 2.16. The summed E-state index contributed by atoms with van der Waals surface area (Å²) in [5.74, 6) is -0.122. The number of anilines is 1. The molecule has 0 spiro atoms. The molecule has 0 amide bonds. The summed E-state index contributed by atoms with van der Waals surface area (Å²) >= 11 is 2.03. The Balaban J connectivity index is 2.25. The van der Waals surface area contributed by atoms with Gasteiger partial charge in [-0.3, -0.25) is 0 Å². The first kappa shape index (κ1) is 9.24. The molecule has 0 atom stereocenters. The van der Waals surface area contributed by atoms with Crippen LogP contribution in [0.2, 0.25) is 0 Å². The van der Waals surface area contributed by atoms with Crippen LogP contribution >= 0.6 is 22.6 Å². The molecule has 13 heavy (non-hydrogen) atoms. The smallest absolute Gasteiger partial charge is 0.136 e. The van der Waals surface area contributed by atoms with Crippen LogP contribution in [0, 0.1) is 9.39 Å². The molecule has 1 aliphatic heterocycles. The summed E-state index contributed by atoms with van der Waals surface area (Å²) in [6, 6.07) is 5.33. The predicted molar refractivity (Wildman–Crippen MR) is 60.6 cm³/mol. The van der Waals surface area contributed by atoms with Crippen LogP contribution in [0.1, 0.15) is 12.8 Å². The van der Waals surface area contributed by atoms with E-state index in [4.69, 9.17) is 0 Å². The second kappa shape index (κ2) is 3.82. The minimum atomic E-state index is -0.122. The largest absolute Gasteiger partial charge is 0.372 e. The molecule has 1 nitrogen and oxygen atoms in total. The van der Waals surface area contributed by atoms with Gasteiger partial charge in [0.25, 0.3) is 0 Å². The van der Waals surface area contributed by atoms with Gasteiger partial charge in [-0.05, 0) is 53.6 Å². The van der Waals surface area contributed by atoms with E-state index in [1.54, 1.807) is 6.07 Å². The highest BCUT2D eigenvalue weighted by molar-refractivity contribution is 14.1. The van der Waals surface area contributed by atoms with Crippen molar-refractivity contribution in [1.82, 2.24) is 0 Å². The maximum atomic E-state index is 13.0. The summed E-state index contributed by atoms with van der Waals surface area (Å²) in [5.41, 5.74) is 1.16. The van der Waals surface area contributed by atoms with Crippen LogP contribution in [0.25, 0.3) is 0 Å². The predicted octanol–water partition coefficient (Wildman–Crippen LogP) is 3.03. The molecule has 1 aromatic carbocycles. The Hall–Kier alpha value is -0.320. The van der Waals surface area contributed by atoms with Crippen molar-refractivity contribution in [3.8, 4) is 0 Å². The van der Waals surface area contributed by atoms with Gasteiger partial charge < -0.3 is 4.90 Å². The van der Waals surface area contributed by atoms with Crippen molar-refractivity contribution in [3.05, 3.63) is 27.6 Å². The molecule has 1 fully saturated rings. The summed E-state index contributed by atoms with van der Waals surface area (Å²) in [7, 11) is 0. The molecule has 0 saturated carbocycles. The van der Waals surface area contributed by atoms with Crippen molar-refractivity contribution in [3.63, 3.8) is 0 Å². The van der Waals surface area contributed by atoms with Crippen molar-refractivity contribution in [2.24, 2.45) is 0 Å². The molecule has 70 valence electrons. The fraction of sp³-hybridized carbons (Fsp3) is 0.400. The van der Waals surface area contributed by atoms with Crippen LogP contribution in [0.3, 0.4) is 0 Å². The van der Waals surface area contributed by atoms with E-state index < -0.39 is 0 Å². The second-order valence-electron chi connectivity index (χ2n) is 3.29. The molecule has 3 heteroatoms. The molecule has 1 aromatic rings. The Labute approximate surface area is 91.1 Å². The van der Waals surface area contributed by atoms with Gasteiger partial charge in [-0.15, -0.1) is 0 Å². The van der Waals surface area contributed by atoms with Gasteiger partial charge in [0.15, 0.2) is 0 Å². The van der Waals surface area contributed by atoms with E-state index in [1.807, 2.05) is 34.7 Å². The average Bonchev–Trinajstić information content (AvgIpc) is 2.62. The van der Waals surface area contributed by atoms with E-state index in [9.17, 15) is 4.39 Å². The normalized spacial score (nSPS) is 16.6. The van der Waals surface area contributed by atoms with Crippen LogP contribution in [0.4, 0.5) is 10.1 Å². The van der Waals surface area contributed by atoms with Crippen molar-refractivity contribution in [2.75, 3.05) is 18.0 Å². The lowest BCUT2D eigenvalue weighted by atomic mass is 10.3. The zero-order chi connectivity index (χ0) is 9.26. The molecule has 2 rings (SSSR count). The molecule has 0 N–H and O–H groups in total. The topological polar surface area (TPSA) is 3.24 Å². The number of hydrogen-bond acceptors (Lipinski definition) is 1. The second-order valence-corrected chi connectivity index (χ2v) is 4.45. The zero-order valence-corrected chi connectivity index (χ0v) is 9.42. The summed E-state index contributed by atoms with van der Waals surface area (Å²) in [4.78, 5) is 2.31. The molecule has 0 aromatic heterocycles. The minimum Gasteiger partial charge on any atom is -0.372 e. The average molecular weight is 291 g/mol. The number of hydrogen-bond donors (Lipinski definition) is 0. The van der Waals surface area contributed by atoms with E-state index in [2.05, 4.69) is 4.90 Å². The highest BCUT2D eigenvalue weighted by Crippen LogP contribution is 2.23. The third-order valence-electron chi connectivity index (χ3n) is 2.37. The number of benzene rings is 1. The first-order valence-corrected chi connectivity index (χ1v) is 5.55. The molecule has 1 heterocycles. The Kier molecular flexibility index (Phi) is 2.71. The summed E-state index contributed by atoms with van der Waals surface area (Å²) in [6.45, 7) is 2.23. The van der Waals surface area contributed by atoms with Crippen LogP contribution in [0.5, 0.6) is 0 Å². The lowest BCUT2D eigenvalue weighted by molar-refractivity contribution is 0.620. The number of rotatable bonds is 1. The summed E-state index contributed by atoms with van der Waals surface area (Å²) in [6.07, 6.45) is 2.52. The standard InChI is InChI=1S/C10H11FIN/c11-9-4-3-8(7-10(9)12)13-5-1-2-6-13/h3-4,7H,1-2,5-6H2. The van der Waals surface area contributed by atoms with Crippen molar-refractivity contribution < 1.29 is 4.39 Å². The molecule has 0 aliphatic carbocycles. The van der Waals surface area contributed by atoms with Gasteiger partial charge in [-0.1, -0.05) is 0 Å². The monoisotopic (exact) mass is 291 g/mol. The van der Waals surface area contributed by atoms with Crippen molar-refractivity contribution in [1.29, 1.82) is 0 Å². The number of nitrogens with zero attached hydrogens (tertiary/aromatic N) is 1. The van der Waals surface area contributed by atoms with Gasteiger partial charge >= 0.3 is 0 Å². The first-order chi connectivity index (χ1) is 6.27. The third kappa shape index (κ3) is 1.95. The molecular weight excluding hydrogens is 280 g/mol. The van der Waals surface area contributed by atoms with Gasteiger partial charge in [0.1, 0.15) is 5.82 Å². The van der Waals surface area contributed by atoms with Gasteiger partial charge in [0.05, 0.1) is 3.57 Å². The Morgan fingerprint density at radius 2 is 1.92 bits per heavy atom. The lowest BCUT2D eigenvalue weighted by Crippen LogP contribution is -2.17. The van der Waals surface area contributed by atoms with Crippen LogP contribution in [-0.4, -0.2) is 13.1 Å². The first-order valence-electron chi connectivity index (χ1n) is 4.47. The van der Waals surface area contributed by atoms with E-state index in [-0.39, 0.29) is 5.82 Å². The van der Waals surface area contributed by atoms with Gasteiger partial charge in [0, 0.05) is 18.8 Å². The number of halogens is 2. The highest BCUT2D eigenvalue weighted by Gasteiger charge is 2.12. The molecule has 0 unspecified atom stereocenters. The van der Waals surface area contributed by atoms with E-state index in [1.165, 1.54) is 12.8 Å². The SMILES string of the molecule is Fc1ccc(N2CCCC2)cc1I. The Morgan fingerprint density at radius 1 is 1.23 bits per heavy atom. The van der Waals surface area contributed by atoms with Crippen LogP contribution in [0.15, 0.2) is 18.2 Å². The molecule has 0 radical (unpaired) electrons. The van der Waals surface area contributed by atoms with Crippen molar-refractivity contribution in [2.45, 2.75) is 12.8 Å². The van der Waals surface area contributed by atoms with E-state index >= 15 is 0 Å². The fourth-order valence-electron chi connectivity index (χ4n) is 1.66. The highest BCUT2D eigenvalue weighted by atomic mass is 127. The zero-order valence-electron chi connectivity index (χ0n) is 7.26. The minimum absolute atomic E-state index is 0.122. The maximum Gasteiger partial charge on any atom is 0.136 e. The summed E-state index contributed by atoms with van der Waals surface area (Å²) in [5, 5.41) is 0. The third-order valence-corrected chi connectivity index (χ3v) is 3.20. The maximum absolute atomic E-state index is 13.0. The van der Waals surface area contributed by atoms with E-state index in [0.29, 0.717) is 3.57 Å². The van der Waals surface area contributed by atoms with E-state index in [0.717, 1.165) is 18.8 Å². The van der Waals surface area contributed by atoms with Gasteiger partial charge in [0.2, 0.25) is 0 Å². The van der Waals surface area contributed by atoms with Crippen molar-refractivity contribution >= 4 is 28.3 Å². The van der Waals surface area contributed by atoms with Gasteiger partial charge in [-0.2, -0.15) is 0 Å². The van der Waals surface area contributed by atoms with Gasteiger partial charge in [-0.25, -0.2) is 4.39 Å². The van der Waals surface area contributed by atoms with Crippen LogP contribution < -0.4 is 4.90 Å². The molecule has 0 bridgehead atoms. The molecular formula is C10H11FIN. The quantitative estimate of drug-likeness (QED) is 0.719.